The van der Waals surface area contributed by atoms with Crippen molar-refractivity contribution in [1.82, 2.24) is 10.2 Å². The fraction of sp³-hybridized carbons (Fsp3) is 0.588. The molecule has 0 bridgehead atoms. The molecule has 0 radical (unpaired) electrons. The van der Waals surface area contributed by atoms with Gasteiger partial charge in [-0.2, -0.15) is 0 Å². The molecule has 1 amide bonds. The molecule has 0 atom stereocenters. The first kappa shape index (κ1) is 17.3. The Morgan fingerprint density at radius 2 is 1.82 bits per heavy atom. The molecule has 0 unspecified atom stereocenters. The fourth-order valence-electron chi connectivity index (χ4n) is 2.62. The van der Waals surface area contributed by atoms with Crippen LogP contribution < -0.4 is 10.1 Å². The van der Waals surface area contributed by atoms with E-state index in [2.05, 4.69) is 26.1 Å². The van der Waals surface area contributed by atoms with Gasteiger partial charge < -0.3 is 15.0 Å². The van der Waals surface area contributed by atoms with Crippen LogP contribution in [-0.2, 0) is 4.79 Å². The number of halogens is 1. The van der Waals surface area contributed by atoms with Crippen LogP contribution in [-0.4, -0.2) is 43.6 Å². The van der Waals surface area contributed by atoms with Gasteiger partial charge in [-0.05, 0) is 63.2 Å². The summed E-state index contributed by atoms with van der Waals surface area (Å²) in [6.45, 7) is 4.29. The van der Waals surface area contributed by atoms with Crippen molar-refractivity contribution in [3.63, 3.8) is 0 Å². The highest BCUT2D eigenvalue weighted by atomic mass is 79.9. The van der Waals surface area contributed by atoms with Crippen LogP contribution in [0.3, 0.4) is 0 Å². The van der Waals surface area contributed by atoms with E-state index in [1.54, 1.807) is 0 Å². The molecule has 1 N–H and O–H groups in total. The third-order valence-electron chi connectivity index (χ3n) is 3.86. The van der Waals surface area contributed by atoms with Crippen molar-refractivity contribution in [3.8, 4) is 5.75 Å². The third kappa shape index (κ3) is 6.79. The normalized spacial score (nSPS) is 16.0. The summed E-state index contributed by atoms with van der Waals surface area (Å²) in [6, 6.07) is 7.48. The van der Waals surface area contributed by atoms with Gasteiger partial charge in [-0.3, -0.25) is 4.79 Å². The molecule has 0 saturated carbocycles. The second-order valence-corrected chi connectivity index (χ2v) is 6.62. The van der Waals surface area contributed by atoms with E-state index in [0.29, 0.717) is 5.75 Å². The molecule has 22 heavy (non-hydrogen) atoms. The smallest absolute Gasteiger partial charge is 0.257 e. The molecule has 5 heteroatoms. The monoisotopic (exact) mass is 368 g/mol. The standard InChI is InChI=1S/C17H25BrN2O2/c18-15-6-8-16(9-7-15)22-14-17(21)19-10-5-13-20-11-3-1-2-4-12-20/h6-9H,1-5,10-14H2,(H,19,21). The van der Waals surface area contributed by atoms with Crippen LogP contribution in [0.25, 0.3) is 0 Å². The fourth-order valence-corrected chi connectivity index (χ4v) is 2.89. The molecule has 0 aromatic heterocycles. The van der Waals surface area contributed by atoms with Crippen LogP contribution in [0.1, 0.15) is 32.1 Å². The van der Waals surface area contributed by atoms with E-state index in [0.717, 1.165) is 24.0 Å². The summed E-state index contributed by atoms with van der Waals surface area (Å²) in [6.07, 6.45) is 6.35. The molecule has 1 aromatic carbocycles. The van der Waals surface area contributed by atoms with Gasteiger partial charge in [0.15, 0.2) is 6.61 Å². The van der Waals surface area contributed by atoms with Crippen molar-refractivity contribution < 1.29 is 9.53 Å². The average molecular weight is 369 g/mol. The van der Waals surface area contributed by atoms with Crippen LogP contribution in [0.2, 0.25) is 0 Å². The van der Waals surface area contributed by atoms with E-state index < -0.39 is 0 Å². The number of likely N-dealkylation sites (tertiary alicyclic amines) is 1. The summed E-state index contributed by atoms with van der Waals surface area (Å²) in [5, 5.41) is 2.92. The summed E-state index contributed by atoms with van der Waals surface area (Å²) in [4.78, 5) is 14.2. The lowest BCUT2D eigenvalue weighted by Crippen LogP contribution is -2.33. The molecular formula is C17H25BrN2O2. The van der Waals surface area contributed by atoms with Crippen LogP contribution in [0.5, 0.6) is 5.75 Å². The Labute approximate surface area is 141 Å². The first-order valence-corrected chi connectivity index (χ1v) is 8.91. The minimum absolute atomic E-state index is 0.0567. The summed E-state index contributed by atoms with van der Waals surface area (Å²) in [5.41, 5.74) is 0. The van der Waals surface area contributed by atoms with Crippen LogP contribution in [0, 0.1) is 0 Å². The summed E-state index contributed by atoms with van der Waals surface area (Å²) < 4.78 is 6.44. The molecule has 0 spiro atoms. The highest BCUT2D eigenvalue weighted by molar-refractivity contribution is 9.10. The number of hydrogen-bond donors (Lipinski definition) is 1. The Morgan fingerprint density at radius 1 is 1.14 bits per heavy atom. The highest BCUT2D eigenvalue weighted by Crippen LogP contribution is 2.15. The number of rotatable bonds is 7. The van der Waals surface area contributed by atoms with Crippen molar-refractivity contribution in [1.29, 1.82) is 0 Å². The number of benzene rings is 1. The predicted octanol–water partition coefficient (Wildman–Crippen LogP) is 3.21. The molecular weight excluding hydrogens is 344 g/mol. The van der Waals surface area contributed by atoms with Gasteiger partial charge >= 0.3 is 0 Å². The maximum atomic E-state index is 11.7. The van der Waals surface area contributed by atoms with Gasteiger partial charge in [0.2, 0.25) is 0 Å². The van der Waals surface area contributed by atoms with E-state index in [4.69, 9.17) is 4.74 Å². The van der Waals surface area contributed by atoms with E-state index in [9.17, 15) is 4.79 Å². The van der Waals surface area contributed by atoms with Crippen LogP contribution >= 0.6 is 15.9 Å². The van der Waals surface area contributed by atoms with Gasteiger partial charge in [0, 0.05) is 11.0 Å². The lowest BCUT2D eigenvalue weighted by molar-refractivity contribution is -0.123. The quantitative estimate of drug-likeness (QED) is 0.751. The zero-order chi connectivity index (χ0) is 15.6. The average Bonchev–Trinajstić information content (AvgIpc) is 2.80. The zero-order valence-electron chi connectivity index (χ0n) is 13.0. The molecule has 1 aliphatic rings. The molecule has 1 aliphatic heterocycles. The molecule has 1 heterocycles. The Hall–Kier alpha value is -1.07. The van der Waals surface area contributed by atoms with E-state index in [1.165, 1.54) is 38.8 Å². The van der Waals surface area contributed by atoms with Crippen LogP contribution in [0.15, 0.2) is 28.7 Å². The third-order valence-corrected chi connectivity index (χ3v) is 4.38. The van der Waals surface area contributed by atoms with Gasteiger partial charge in [0.05, 0.1) is 0 Å². The Kier molecular flexibility index (Phi) is 7.74. The van der Waals surface area contributed by atoms with Crippen molar-refractivity contribution in [3.05, 3.63) is 28.7 Å². The lowest BCUT2D eigenvalue weighted by Gasteiger charge is -2.19. The first-order valence-electron chi connectivity index (χ1n) is 8.11. The van der Waals surface area contributed by atoms with Crippen LogP contribution in [0.4, 0.5) is 0 Å². The van der Waals surface area contributed by atoms with E-state index >= 15 is 0 Å². The number of carbonyl (C=O) groups excluding carboxylic acids is 1. The van der Waals surface area contributed by atoms with Crippen molar-refractivity contribution in [2.75, 3.05) is 32.8 Å². The SMILES string of the molecule is O=C(COc1ccc(Br)cc1)NCCCN1CCCCCC1. The predicted molar refractivity (Wildman–Crippen MR) is 92.2 cm³/mol. The first-order chi connectivity index (χ1) is 10.7. The molecule has 4 nitrogen and oxygen atoms in total. The Balaban J connectivity index is 1.54. The summed E-state index contributed by atoms with van der Waals surface area (Å²) >= 11 is 3.37. The minimum Gasteiger partial charge on any atom is -0.484 e. The molecule has 1 fully saturated rings. The van der Waals surface area contributed by atoms with E-state index in [-0.39, 0.29) is 12.5 Å². The van der Waals surface area contributed by atoms with Gasteiger partial charge in [-0.25, -0.2) is 0 Å². The van der Waals surface area contributed by atoms with Gasteiger partial charge in [0.1, 0.15) is 5.75 Å². The number of nitrogens with one attached hydrogen (secondary N) is 1. The lowest BCUT2D eigenvalue weighted by atomic mass is 10.2. The van der Waals surface area contributed by atoms with E-state index in [1.807, 2.05) is 24.3 Å². The second-order valence-electron chi connectivity index (χ2n) is 5.70. The van der Waals surface area contributed by atoms with Gasteiger partial charge in [-0.15, -0.1) is 0 Å². The number of ether oxygens (including phenoxy) is 1. The summed E-state index contributed by atoms with van der Waals surface area (Å²) in [7, 11) is 0. The maximum Gasteiger partial charge on any atom is 0.257 e. The Bertz CT molecular complexity index is 442. The Morgan fingerprint density at radius 3 is 2.50 bits per heavy atom. The highest BCUT2D eigenvalue weighted by Gasteiger charge is 2.08. The van der Waals surface area contributed by atoms with Crippen molar-refractivity contribution >= 4 is 21.8 Å². The maximum absolute atomic E-state index is 11.7. The van der Waals surface area contributed by atoms with Gasteiger partial charge in [0.25, 0.3) is 5.91 Å². The molecule has 2 rings (SSSR count). The second kappa shape index (κ2) is 9.85. The number of carbonyl (C=O) groups is 1. The number of hydrogen-bond acceptors (Lipinski definition) is 3. The van der Waals surface area contributed by atoms with Crippen molar-refractivity contribution in [2.24, 2.45) is 0 Å². The molecule has 1 saturated heterocycles. The topological polar surface area (TPSA) is 41.6 Å². The number of nitrogens with zero attached hydrogens (tertiary/aromatic N) is 1. The molecule has 1 aromatic rings. The number of amides is 1. The largest absolute Gasteiger partial charge is 0.484 e. The van der Waals surface area contributed by atoms with Crippen molar-refractivity contribution in [2.45, 2.75) is 32.1 Å². The zero-order valence-corrected chi connectivity index (χ0v) is 14.6. The molecule has 0 aliphatic carbocycles. The minimum atomic E-state index is -0.0567. The summed E-state index contributed by atoms with van der Waals surface area (Å²) in [5.74, 6) is 0.654. The van der Waals surface area contributed by atoms with Gasteiger partial charge in [-0.1, -0.05) is 28.8 Å². The molecule has 122 valence electrons.